The second kappa shape index (κ2) is 6.60. The van der Waals surface area contributed by atoms with Gasteiger partial charge in [0.1, 0.15) is 5.01 Å². The van der Waals surface area contributed by atoms with Crippen LogP contribution in [0.15, 0.2) is 5.38 Å². The monoisotopic (exact) mass is 312 g/mol. The summed E-state index contributed by atoms with van der Waals surface area (Å²) in [5.74, 6) is 0.453. The van der Waals surface area contributed by atoms with E-state index in [9.17, 15) is 18.0 Å². The van der Waals surface area contributed by atoms with Crippen LogP contribution in [-0.4, -0.2) is 34.8 Å². The van der Waals surface area contributed by atoms with Crippen LogP contribution in [0.1, 0.15) is 17.6 Å². The predicted octanol–water partition coefficient (Wildman–Crippen LogP) is 3.12. The van der Waals surface area contributed by atoms with Crippen molar-refractivity contribution in [1.29, 1.82) is 0 Å². The summed E-state index contributed by atoms with van der Waals surface area (Å²) in [4.78, 5) is 16.8. The molecule has 0 N–H and O–H groups in total. The van der Waals surface area contributed by atoms with Gasteiger partial charge in [-0.3, -0.25) is 4.79 Å². The van der Waals surface area contributed by atoms with Crippen LogP contribution < -0.4 is 0 Å². The van der Waals surface area contributed by atoms with E-state index in [0.29, 0.717) is 10.8 Å². The van der Waals surface area contributed by atoms with Crippen molar-refractivity contribution in [2.45, 2.75) is 19.6 Å². The molecule has 1 atom stereocenters. The van der Waals surface area contributed by atoms with Crippen LogP contribution >= 0.6 is 23.1 Å². The van der Waals surface area contributed by atoms with Gasteiger partial charge < -0.3 is 4.90 Å². The van der Waals surface area contributed by atoms with E-state index in [4.69, 9.17) is 0 Å². The van der Waals surface area contributed by atoms with Gasteiger partial charge in [0.2, 0.25) is 5.91 Å². The number of aromatic nitrogens is 1. The summed E-state index contributed by atoms with van der Waals surface area (Å²) in [6, 6.07) is 0. The first kappa shape index (κ1) is 16.3. The van der Waals surface area contributed by atoms with E-state index in [1.54, 1.807) is 25.7 Å². The summed E-state index contributed by atoms with van der Waals surface area (Å²) in [6.45, 7) is 1.91. The lowest BCUT2D eigenvalue weighted by atomic mass is 10.2. The summed E-state index contributed by atoms with van der Waals surface area (Å²) < 4.78 is 37.2. The molecule has 1 amide bonds. The van der Waals surface area contributed by atoms with Gasteiger partial charge in [0.15, 0.2) is 5.69 Å². The minimum Gasteiger partial charge on any atom is -0.339 e. The Morgan fingerprint density at radius 3 is 2.68 bits per heavy atom. The third-order valence-electron chi connectivity index (χ3n) is 2.43. The molecule has 1 aromatic heterocycles. The predicted molar refractivity (Wildman–Crippen MR) is 71.1 cm³/mol. The quantitative estimate of drug-likeness (QED) is 0.837. The smallest absolute Gasteiger partial charge is 0.339 e. The van der Waals surface area contributed by atoms with E-state index in [1.807, 2.05) is 6.26 Å². The molecule has 19 heavy (non-hydrogen) atoms. The molecule has 0 unspecified atom stereocenters. The van der Waals surface area contributed by atoms with Crippen LogP contribution in [0.4, 0.5) is 13.2 Å². The summed E-state index contributed by atoms with van der Waals surface area (Å²) >= 11 is 2.48. The minimum absolute atomic E-state index is 0.0851. The van der Waals surface area contributed by atoms with Crippen LogP contribution in [0.5, 0.6) is 0 Å². The number of thioether (sulfide) groups is 1. The number of rotatable bonds is 5. The van der Waals surface area contributed by atoms with Gasteiger partial charge in [-0.1, -0.05) is 6.92 Å². The van der Waals surface area contributed by atoms with Crippen LogP contribution in [0.3, 0.4) is 0 Å². The number of carbonyl (C=O) groups is 1. The first-order valence-corrected chi connectivity index (χ1v) is 7.78. The highest BCUT2D eigenvalue weighted by Gasteiger charge is 2.33. The molecule has 3 nitrogen and oxygen atoms in total. The maximum Gasteiger partial charge on any atom is 0.434 e. The Morgan fingerprint density at radius 2 is 2.21 bits per heavy atom. The molecule has 1 aromatic rings. The van der Waals surface area contributed by atoms with E-state index in [0.717, 1.165) is 16.7 Å². The highest BCUT2D eigenvalue weighted by molar-refractivity contribution is 7.98. The van der Waals surface area contributed by atoms with E-state index in [-0.39, 0.29) is 18.4 Å². The van der Waals surface area contributed by atoms with Crippen molar-refractivity contribution >= 4 is 29.0 Å². The van der Waals surface area contributed by atoms with Gasteiger partial charge in [0.25, 0.3) is 0 Å². The van der Waals surface area contributed by atoms with E-state index >= 15 is 0 Å². The molecule has 108 valence electrons. The first-order valence-electron chi connectivity index (χ1n) is 5.51. The van der Waals surface area contributed by atoms with Crippen molar-refractivity contribution < 1.29 is 18.0 Å². The van der Waals surface area contributed by atoms with Gasteiger partial charge in [-0.05, 0) is 6.26 Å². The van der Waals surface area contributed by atoms with Gasteiger partial charge >= 0.3 is 6.18 Å². The van der Waals surface area contributed by atoms with Gasteiger partial charge in [0.05, 0.1) is 6.54 Å². The van der Waals surface area contributed by atoms with Gasteiger partial charge in [0, 0.05) is 24.1 Å². The molecule has 0 spiro atoms. The third kappa shape index (κ3) is 4.68. The van der Waals surface area contributed by atoms with Crippen molar-refractivity contribution in [3.8, 4) is 0 Å². The lowest BCUT2D eigenvalue weighted by Crippen LogP contribution is -2.32. The zero-order valence-corrected chi connectivity index (χ0v) is 12.5. The molecule has 8 heteroatoms. The molecule has 1 heterocycles. The topological polar surface area (TPSA) is 33.2 Å². The average Bonchev–Trinajstić information content (AvgIpc) is 2.76. The molecule has 1 rings (SSSR count). The van der Waals surface area contributed by atoms with Crippen LogP contribution in [0, 0.1) is 5.92 Å². The molecule has 0 aliphatic rings. The number of carbonyl (C=O) groups excluding carboxylic acids is 1. The fraction of sp³-hybridized carbons (Fsp3) is 0.636. The lowest BCUT2D eigenvalue weighted by Gasteiger charge is -2.19. The summed E-state index contributed by atoms with van der Waals surface area (Å²) in [5.41, 5.74) is -0.898. The van der Waals surface area contributed by atoms with Gasteiger partial charge in [-0.15, -0.1) is 11.3 Å². The Bertz CT molecular complexity index is 434. The SMILES string of the molecule is CSC[C@H](C)C(=O)N(C)Cc1nc(C(F)(F)F)cs1. The molecular weight excluding hydrogens is 297 g/mol. The van der Waals surface area contributed by atoms with Crippen molar-refractivity contribution in [2.75, 3.05) is 19.1 Å². The second-order valence-corrected chi connectivity index (χ2v) is 6.03. The first-order chi connectivity index (χ1) is 8.75. The average molecular weight is 312 g/mol. The Morgan fingerprint density at radius 1 is 1.58 bits per heavy atom. The Labute approximate surface area is 118 Å². The van der Waals surface area contributed by atoms with E-state index in [1.165, 1.54) is 4.90 Å². The van der Waals surface area contributed by atoms with Crippen molar-refractivity contribution in [1.82, 2.24) is 9.88 Å². The molecule has 0 aliphatic heterocycles. The number of alkyl halides is 3. The molecule has 0 aromatic carbocycles. The zero-order chi connectivity index (χ0) is 14.6. The summed E-state index contributed by atoms with van der Waals surface area (Å²) in [6.07, 6.45) is -2.52. The van der Waals surface area contributed by atoms with Crippen molar-refractivity contribution in [2.24, 2.45) is 5.92 Å². The highest BCUT2D eigenvalue weighted by atomic mass is 32.2. The second-order valence-electron chi connectivity index (χ2n) is 4.17. The molecule has 0 fully saturated rings. The third-order valence-corrected chi connectivity index (χ3v) is 4.10. The van der Waals surface area contributed by atoms with Crippen molar-refractivity contribution in [3.63, 3.8) is 0 Å². The number of hydrogen-bond donors (Lipinski definition) is 0. The van der Waals surface area contributed by atoms with Crippen LogP contribution in [-0.2, 0) is 17.5 Å². The fourth-order valence-electron chi connectivity index (χ4n) is 1.49. The number of nitrogens with zero attached hydrogens (tertiary/aromatic N) is 2. The Kier molecular flexibility index (Phi) is 5.66. The normalized spacial score (nSPS) is 13.4. The molecule has 0 saturated carbocycles. The Hall–Kier alpha value is -0.760. The number of halogens is 3. The van der Waals surface area contributed by atoms with Gasteiger partial charge in [-0.25, -0.2) is 4.98 Å². The maximum atomic E-state index is 12.4. The van der Waals surface area contributed by atoms with E-state index in [2.05, 4.69) is 4.98 Å². The van der Waals surface area contributed by atoms with Crippen molar-refractivity contribution in [3.05, 3.63) is 16.1 Å². The highest BCUT2D eigenvalue weighted by Crippen LogP contribution is 2.30. The number of thiazole rings is 1. The summed E-state index contributed by atoms with van der Waals surface area (Å²) in [7, 11) is 1.58. The molecule has 0 aliphatic carbocycles. The number of hydrogen-bond acceptors (Lipinski definition) is 4. The maximum absolute atomic E-state index is 12.4. The summed E-state index contributed by atoms with van der Waals surface area (Å²) in [5, 5.41) is 1.26. The number of amides is 1. The molecule has 0 saturated heterocycles. The molecule has 0 radical (unpaired) electrons. The standard InChI is InChI=1S/C11H15F3N2OS2/c1-7(5-18-3)10(17)16(2)4-9-15-8(6-19-9)11(12,13)14/h6-7H,4-5H2,1-3H3/t7-/m0/s1. The van der Waals surface area contributed by atoms with Gasteiger partial charge in [-0.2, -0.15) is 24.9 Å². The van der Waals surface area contributed by atoms with Crippen LogP contribution in [0.25, 0.3) is 0 Å². The fourth-order valence-corrected chi connectivity index (χ4v) is 2.99. The van der Waals surface area contributed by atoms with Crippen LogP contribution in [0.2, 0.25) is 0 Å². The molecule has 0 bridgehead atoms. The zero-order valence-electron chi connectivity index (χ0n) is 10.8. The largest absolute Gasteiger partial charge is 0.434 e. The lowest BCUT2D eigenvalue weighted by molar-refractivity contribution is -0.140. The Balaban J connectivity index is 2.64. The molecular formula is C11H15F3N2OS2. The minimum atomic E-state index is -4.43. The van der Waals surface area contributed by atoms with E-state index < -0.39 is 11.9 Å².